The minimum atomic E-state index is -0.250. The summed E-state index contributed by atoms with van der Waals surface area (Å²) in [6.45, 7) is 4.35. The molecule has 0 fully saturated rings. The van der Waals surface area contributed by atoms with Crippen molar-refractivity contribution in [1.82, 2.24) is 0 Å². The number of nitrogens with one attached hydrogen (secondary N) is 1. The average Bonchev–Trinajstić information content (AvgIpc) is 2.70. The molecule has 0 spiro atoms. The van der Waals surface area contributed by atoms with Crippen molar-refractivity contribution < 1.29 is 19.0 Å². The Hall–Kier alpha value is -3.18. The van der Waals surface area contributed by atoms with E-state index in [2.05, 4.69) is 5.32 Å². The van der Waals surface area contributed by atoms with E-state index in [4.69, 9.17) is 25.8 Å². The zero-order valence-electron chi connectivity index (χ0n) is 16.3. The molecule has 3 aromatic carbocycles. The molecule has 3 rings (SSSR count). The second kappa shape index (κ2) is 9.85. The highest BCUT2D eigenvalue weighted by atomic mass is 35.5. The van der Waals surface area contributed by atoms with E-state index in [0.29, 0.717) is 34.6 Å². The zero-order chi connectivity index (χ0) is 20.6. The SMILES string of the molecule is CCOc1ccc(Oc2ccc(NC(=O)COc3ccc(Cl)cc3C)cc2)cc1. The van der Waals surface area contributed by atoms with Gasteiger partial charge in [-0.05, 0) is 86.1 Å². The van der Waals surface area contributed by atoms with Crippen molar-refractivity contribution in [3.05, 3.63) is 77.3 Å². The Morgan fingerprint density at radius 3 is 2.14 bits per heavy atom. The predicted octanol–water partition coefficient (Wildman–Crippen LogP) is 5.86. The van der Waals surface area contributed by atoms with Gasteiger partial charge in [-0.25, -0.2) is 0 Å². The van der Waals surface area contributed by atoms with Crippen LogP contribution in [0.5, 0.6) is 23.0 Å². The molecule has 0 aliphatic heterocycles. The maximum Gasteiger partial charge on any atom is 0.262 e. The van der Waals surface area contributed by atoms with Crippen LogP contribution >= 0.6 is 11.6 Å². The summed E-state index contributed by atoms with van der Waals surface area (Å²) in [5.41, 5.74) is 1.53. The first kappa shape index (κ1) is 20.6. The normalized spacial score (nSPS) is 10.3. The van der Waals surface area contributed by atoms with Crippen LogP contribution in [-0.4, -0.2) is 19.1 Å². The van der Waals surface area contributed by atoms with E-state index < -0.39 is 0 Å². The summed E-state index contributed by atoms with van der Waals surface area (Å²) >= 11 is 5.92. The number of hydrogen-bond acceptors (Lipinski definition) is 4. The lowest BCUT2D eigenvalue weighted by atomic mass is 10.2. The van der Waals surface area contributed by atoms with E-state index in [1.165, 1.54) is 0 Å². The third-order valence-corrected chi connectivity index (χ3v) is 4.24. The van der Waals surface area contributed by atoms with Crippen molar-refractivity contribution in [3.63, 3.8) is 0 Å². The molecule has 0 bridgehead atoms. The second-order valence-electron chi connectivity index (χ2n) is 6.28. The highest BCUT2D eigenvalue weighted by Gasteiger charge is 2.07. The largest absolute Gasteiger partial charge is 0.494 e. The van der Waals surface area contributed by atoms with Gasteiger partial charge in [-0.3, -0.25) is 4.79 Å². The maximum absolute atomic E-state index is 12.1. The lowest BCUT2D eigenvalue weighted by Gasteiger charge is -2.11. The molecule has 150 valence electrons. The van der Waals surface area contributed by atoms with Crippen molar-refractivity contribution in [2.75, 3.05) is 18.5 Å². The fourth-order valence-electron chi connectivity index (χ4n) is 2.63. The molecular weight excluding hydrogens is 390 g/mol. The van der Waals surface area contributed by atoms with Crippen molar-refractivity contribution in [2.45, 2.75) is 13.8 Å². The Balaban J connectivity index is 1.51. The highest BCUT2D eigenvalue weighted by molar-refractivity contribution is 6.30. The Bertz CT molecular complexity index is 956. The van der Waals surface area contributed by atoms with Crippen LogP contribution in [0.15, 0.2) is 66.7 Å². The van der Waals surface area contributed by atoms with Gasteiger partial charge >= 0.3 is 0 Å². The highest BCUT2D eigenvalue weighted by Crippen LogP contribution is 2.25. The molecule has 0 saturated carbocycles. The molecule has 0 aromatic heterocycles. The van der Waals surface area contributed by atoms with E-state index in [-0.39, 0.29) is 12.5 Å². The van der Waals surface area contributed by atoms with E-state index >= 15 is 0 Å². The molecule has 5 nitrogen and oxygen atoms in total. The van der Waals surface area contributed by atoms with Gasteiger partial charge in [-0.2, -0.15) is 0 Å². The second-order valence-corrected chi connectivity index (χ2v) is 6.71. The lowest BCUT2D eigenvalue weighted by Crippen LogP contribution is -2.20. The quantitative estimate of drug-likeness (QED) is 0.504. The topological polar surface area (TPSA) is 56.8 Å². The van der Waals surface area contributed by atoms with Crippen LogP contribution in [0.1, 0.15) is 12.5 Å². The molecule has 6 heteroatoms. The summed E-state index contributed by atoms with van der Waals surface area (Å²) in [4.78, 5) is 12.1. The van der Waals surface area contributed by atoms with Gasteiger partial charge in [0.2, 0.25) is 0 Å². The Morgan fingerprint density at radius 1 is 0.897 bits per heavy atom. The summed E-state index contributed by atoms with van der Waals surface area (Å²) in [6.07, 6.45) is 0. The van der Waals surface area contributed by atoms with Gasteiger partial charge in [-0.1, -0.05) is 11.6 Å². The predicted molar refractivity (Wildman–Crippen MR) is 114 cm³/mol. The Morgan fingerprint density at radius 2 is 1.52 bits per heavy atom. The number of aryl methyl sites for hydroxylation is 1. The van der Waals surface area contributed by atoms with Crippen LogP contribution in [-0.2, 0) is 4.79 Å². The first-order valence-corrected chi connectivity index (χ1v) is 9.61. The first-order valence-electron chi connectivity index (χ1n) is 9.23. The summed E-state index contributed by atoms with van der Waals surface area (Å²) in [7, 11) is 0. The van der Waals surface area contributed by atoms with Gasteiger partial charge in [-0.15, -0.1) is 0 Å². The van der Waals surface area contributed by atoms with Gasteiger partial charge in [0.1, 0.15) is 23.0 Å². The number of anilines is 1. The Labute approximate surface area is 175 Å². The van der Waals surface area contributed by atoms with Gasteiger partial charge < -0.3 is 19.5 Å². The molecule has 0 radical (unpaired) electrons. The molecule has 0 aliphatic carbocycles. The van der Waals surface area contributed by atoms with E-state index in [9.17, 15) is 4.79 Å². The van der Waals surface area contributed by atoms with E-state index in [1.54, 1.807) is 42.5 Å². The number of ether oxygens (including phenoxy) is 3. The molecule has 3 aromatic rings. The summed E-state index contributed by atoms with van der Waals surface area (Å²) in [5.74, 6) is 2.55. The molecule has 0 atom stereocenters. The monoisotopic (exact) mass is 411 g/mol. The minimum Gasteiger partial charge on any atom is -0.494 e. The smallest absolute Gasteiger partial charge is 0.262 e. The molecule has 0 saturated heterocycles. The van der Waals surface area contributed by atoms with Gasteiger partial charge in [0.25, 0.3) is 5.91 Å². The molecule has 1 N–H and O–H groups in total. The fourth-order valence-corrected chi connectivity index (χ4v) is 2.85. The Kier molecular flexibility index (Phi) is 6.98. The molecular formula is C23H22ClNO4. The summed E-state index contributed by atoms with van der Waals surface area (Å²) in [6, 6.07) is 19.8. The average molecular weight is 412 g/mol. The lowest BCUT2D eigenvalue weighted by molar-refractivity contribution is -0.118. The van der Waals surface area contributed by atoms with Gasteiger partial charge in [0.15, 0.2) is 6.61 Å². The number of carbonyl (C=O) groups is 1. The minimum absolute atomic E-state index is 0.0904. The van der Waals surface area contributed by atoms with Gasteiger partial charge in [0.05, 0.1) is 6.61 Å². The summed E-state index contributed by atoms with van der Waals surface area (Å²) < 4.78 is 16.8. The van der Waals surface area contributed by atoms with Crippen molar-refractivity contribution >= 4 is 23.2 Å². The number of benzene rings is 3. The molecule has 0 aliphatic rings. The van der Waals surface area contributed by atoms with Crippen molar-refractivity contribution in [2.24, 2.45) is 0 Å². The molecule has 0 heterocycles. The van der Waals surface area contributed by atoms with E-state index in [0.717, 1.165) is 11.3 Å². The number of hydrogen-bond donors (Lipinski definition) is 1. The molecule has 1 amide bonds. The van der Waals surface area contributed by atoms with Gasteiger partial charge in [0, 0.05) is 10.7 Å². The van der Waals surface area contributed by atoms with Crippen LogP contribution in [0, 0.1) is 6.92 Å². The third-order valence-electron chi connectivity index (χ3n) is 4.00. The number of carbonyl (C=O) groups excluding carboxylic acids is 1. The number of amides is 1. The van der Waals surface area contributed by atoms with Crippen LogP contribution < -0.4 is 19.5 Å². The third kappa shape index (κ3) is 6.16. The fraction of sp³-hybridized carbons (Fsp3) is 0.174. The molecule has 0 unspecified atom stereocenters. The standard InChI is InChI=1S/C23H22ClNO4/c1-3-27-19-9-11-21(12-10-19)29-20-7-5-18(6-8-20)25-23(26)15-28-22-13-4-17(24)14-16(22)2/h4-14H,3,15H2,1-2H3,(H,25,26). The molecule has 29 heavy (non-hydrogen) atoms. The van der Waals surface area contributed by atoms with E-state index in [1.807, 2.05) is 38.1 Å². The van der Waals surface area contributed by atoms with Crippen LogP contribution in [0.25, 0.3) is 0 Å². The van der Waals surface area contributed by atoms with Crippen LogP contribution in [0.3, 0.4) is 0 Å². The number of halogens is 1. The van der Waals surface area contributed by atoms with Crippen LogP contribution in [0.4, 0.5) is 5.69 Å². The van der Waals surface area contributed by atoms with Crippen LogP contribution in [0.2, 0.25) is 5.02 Å². The summed E-state index contributed by atoms with van der Waals surface area (Å²) in [5, 5.41) is 3.42. The maximum atomic E-state index is 12.1. The van der Waals surface area contributed by atoms with Crippen molar-refractivity contribution in [3.8, 4) is 23.0 Å². The zero-order valence-corrected chi connectivity index (χ0v) is 17.0. The first-order chi connectivity index (χ1) is 14.0. The van der Waals surface area contributed by atoms with Crippen molar-refractivity contribution in [1.29, 1.82) is 0 Å². The number of rotatable bonds is 8.